The number of nitrogens with one attached hydrogen (secondary N) is 1. The zero-order chi connectivity index (χ0) is 17.3. The maximum atomic E-state index is 10.8. The standard InChI is InChI=1S/C17H26N2O2.C2H6/c1-2-15(5-10-18)19-11-8-17(9-12-19)6-3-14(4-7-17)13-16(20)21;1-2/h2,5,10,14,18H,1,3-4,6-9,11-13H2,(H,20,21);1-2H3/b15-5+,18-10?;. The minimum atomic E-state index is -0.654. The number of aliphatic carboxylic acids is 1. The normalized spacial score (nSPS) is 21.3. The third kappa shape index (κ3) is 5.52. The molecular formula is C19H32N2O2. The molecule has 0 amide bonds. The summed E-state index contributed by atoms with van der Waals surface area (Å²) in [5, 5.41) is 16.1. The molecule has 1 aliphatic heterocycles. The minimum absolute atomic E-state index is 0.338. The van der Waals surface area contributed by atoms with Crippen molar-refractivity contribution in [1.29, 1.82) is 5.41 Å². The van der Waals surface area contributed by atoms with Crippen LogP contribution in [0.2, 0.25) is 0 Å². The number of likely N-dealkylation sites (tertiary alicyclic amines) is 1. The van der Waals surface area contributed by atoms with E-state index in [9.17, 15) is 4.79 Å². The van der Waals surface area contributed by atoms with Crippen LogP contribution in [0, 0.1) is 16.7 Å². The van der Waals surface area contributed by atoms with E-state index < -0.39 is 5.97 Å². The Bertz CT molecular complexity index is 425. The predicted octanol–water partition coefficient (Wildman–Crippen LogP) is 4.48. The van der Waals surface area contributed by atoms with Crippen LogP contribution in [0.25, 0.3) is 0 Å². The minimum Gasteiger partial charge on any atom is -0.481 e. The lowest BCUT2D eigenvalue weighted by atomic mass is 9.65. The molecule has 4 nitrogen and oxygen atoms in total. The van der Waals surface area contributed by atoms with E-state index in [2.05, 4.69) is 11.5 Å². The first-order chi connectivity index (χ1) is 11.1. The van der Waals surface area contributed by atoms with Crippen LogP contribution in [0.15, 0.2) is 24.4 Å². The molecule has 1 saturated carbocycles. The average molecular weight is 320 g/mol. The van der Waals surface area contributed by atoms with Gasteiger partial charge in [-0.25, -0.2) is 0 Å². The Balaban J connectivity index is 0.00000127. The van der Waals surface area contributed by atoms with Crippen molar-refractivity contribution in [3.8, 4) is 0 Å². The number of hydrogen-bond donors (Lipinski definition) is 2. The highest BCUT2D eigenvalue weighted by Crippen LogP contribution is 2.47. The van der Waals surface area contributed by atoms with E-state index in [1.165, 1.54) is 31.9 Å². The first-order valence-electron chi connectivity index (χ1n) is 8.88. The van der Waals surface area contributed by atoms with Gasteiger partial charge in [-0.1, -0.05) is 20.4 Å². The quantitative estimate of drug-likeness (QED) is 0.580. The summed E-state index contributed by atoms with van der Waals surface area (Å²) in [6, 6.07) is 0. The van der Waals surface area contributed by atoms with Crippen LogP contribution in [0.5, 0.6) is 0 Å². The summed E-state index contributed by atoms with van der Waals surface area (Å²) >= 11 is 0. The van der Waals surface area contributed by atoms with Gasteiger partial charge < -0.3 is 15.4 Å². The molecule has 0 aromatic heterocycles. The topological polar surface area (TPSA) is 64.4 Å². The number of rotatable bonds is 5. The smallest absolute Gasteiger partial charge is 0.303 e. The van der Waals surface area contributed by atoms with E-state index >= 15 is 0 Å². The number of allylic oxidation sites excluding steroid dienone is 2. The highest BCUT2D eigenvalue weighted by molar-refractivity contribution is 5.69. The number of carboxylic acid groups (broad SMARTS) is 1. The molecule has 1 heterocycles. The Hall–Kier alpha value is -1.58. The van der Waals surface area contributed by atoms with Gasteiger partial charge in [0.1, 0.15) is 0 Å². The second-order valence-electron chi connectivity index (χ2n) is 6.49. The number of nitrogens with zero attached hydrogens (tertiary/aromatic N) is 1. The largest absolute Gasteiger partial charge is 0.481 e. The molecule has 0 bridgehead atoms. The molecule has 23 heavy (non-hydrogen) atoms. The molecule has 0 aromatic carbocycles. The summed E-state index contributed by atoms with van der Waals surface area (Å²) in [7, 11) is 0. The Labute approximate surface area is 140 Å². The zero-order valence-corrected chi connectivity index (χ0v) is 14.7. The van der Waals surface area contributed by atoms with Gasteiger partial charge in [-0.3, -0.25) is 4.79 Å². The SMILES string of the molecule is C=C/C(=C\C=N)N1CCC2(CCC(CC(=O)O)CC2)CC1.CC. The van der Waals surface area contributed by atoms with Crippen LogP contribution in [0.1, 0.15) is 58.8 Å². The molecule has 1 aliphatic carbocycles. The first-order valence-corrected chi connectivity index (χ1v) is 8.88. The van der Waals surface area contributed by atoms with Crippen molar-refractivity contribution in [3.63, 3.8) is 0 Å². The van der Waals surface area contributed by atoms with Crippen LogP contribution in [0.4, 0.5) is 0 Å². The summed E-state index contributed by atoms with van der Waals surface area (Å²) in [6.07, 6.45) is 12.1. The maximum Gasteiger partial charge on any atom is 0.303 e. The van der Waals surface area contributed by atoms with Crippen LogP contribution < -0.4 is 0 Å². The van der Waals surface area contributed by atoms with Crippen molar-refractivity contribution in [1.82, 2.24) is 4.90 Å². The fourth-order valence-corrected chi connectivity index (χ4v) is 3.87. The lowest BCUT2D eigenvalue weighted by molar-refractivity contribution is -0.138. The van der Waals surface area contributed by atoms with Gasteiger partial charge in [-0.05, 0) is 62.0 Å². The van der Waals surface area contributed by atoms with Crippen LogP contribution in [-0.2, 0) is 4.79 Å². The second kappa shape index (κ2) is 9.53. The summed E-state index contributed by atoms with van der Waals surface area (Å²) < 4.78 is 0. The van der Waals surface area contributed by atoms with E-state index in [1.54, 1.807) is 6.08 Å². The third-order valence-corrected chi connectivity index (χ3v) is 5.28. The molecule has 2 N–H and O–H groups in total. The predicted molar refractivity (Wildman–Crippen MR) is 95.9 cm³/mol. The van der Waals surface area contributed by atoms with Gasteiger partial charge in [0, 0.05) is 31.4 Å². The molecule has 0 unspecified atom stereocenters. The Morgan fingerprint density at radius 3 is 2.26 bits per heavy atom. The van der Waals surface area contributed by atoms with Gasteiger partial charge >= 0.3 is 5.97 Å². The van der Waals surface area contributed by atoms with E-state index in [4.69, 9.17) is 10.5 Å². The Morgan fingerprint density at radius 2 is 1.83 bits per heavy atom. The fraction of sp³-hybridized carbons (Fsp3) is 0.684. The average Bonchev–Trinajstić information content (AvgIpc) is 2.57. The fourth-order valence-electron chi connectivity index (χ4n) is 3.87. The van der Waals surface area contributed by atoms with Gasteiger partial charge in [-0.2, -0.15) is 0 Å². The molecule has 0 aromatic rings. The van der Waals surface area contributed by atoms with Crippen LogP contribution in [-0.4, -0.2) is 35.3 Å². The summed E-state index contributed by atoms with van der Waals surface area (Å²) in [5.74, 6) is -0.272. The monoisotopic (exact) mass is 320 g/mol. The molecule has 0 radical (unpaired) electrons. The summed E-state index contributed by atoms with van der Waals surface area (Å²) in [5.41, 5.74) is 1.47. The summed E-state index contributed by atoms with van der Waals surface area (Å²) in [6.45, 7) is 9.87. The lowest BCUT2D eigenvalue weighted by Gasteiger charge is -2.46. The van der Waals surface area contributed by atoms with Crippen molar-refractivity contribution in [2.75, 3.05) is 13.1 Å². The van der Waals surface area contributed by atoms with Gasteiger partial charge in [0.2, 0.25) is 0 Å². The molecule has 2 rings (SSSR count). The van der Waals surface area contributed by atoms with Crippen molar-refractivity contribution in [2.24, 2.45) is 11.3 Å². The zero-order valence-electron chi connectivity index (χ0n) is 14.7. The van der Waals surface area contributed by atoms with Crippen molar-refractivity contribution in [2.45, 2.75) is 58.8 Å². The van der Waals surface area contributed by atoms with Gasteiger partial charge in [0.15, 0.2) is 0 Å². The Kier molecular flexibility index (Phi) is 8.07. The molecule has 130 valence electrons. The lowest BCUT2D eigenvalue weighted by Crippen LogP contribution is -2.41. The van der Waals surface area contributed by atoms with Crippen LogP contribution in [0.3, 0.4) is 0 Å². The van der Waals surface area contributed by atoms with Crippen molar-refractivity contribution < 1.29 is 9.90 Å². The van der Waals surface area contributed by atoms with Crippen molar-refractivity contribution >= 4 is 12.2 Å². The number of piperidine rings is 1. The van der Waals surface area contributed by atoms with Crippen molar-refractivity contribution in [3.05, 3.63) is 24.4 Å². The molecular weight excluding hydrogens is 288 g/mol. The first kappa shape index (κ1) is 19.5. The van der Waals surface area contributed by atoms with E-state index in [0.717, 1.165) is 31.6 Å². The maximum absolute atomic E-state index is 10.8. The summed E-state index contributed by atoms with van der Waals surface area (Å²) in [4.78, 5) is 13.1. The third-order valence-electron chi connectivity index (χ3n) is 5.28. The van der Waals surface area contributed by atoms with Crippen LogP contribution >= 0.6 is 0 Å². The van der Waals surface area contributed by atoms with E-state index in [1.807, 2.05) is 19.9 Å². The Morgan fingerprint density at radius 1 is 1.26 bits per heavy atom. The molecule has 1 saturated heterocycles. The highest BCUT2D eigenvalue weighted by Gasteiger charge is 2.38. The number of carbonyl (C=O) groups is 1. The molecule has 4 heteroatoms. The number of hydrogen-bond acceptors (Lipinski definition) is 3. The molecule has 2 fully saturated rings. The van der Waals surface area contributed by atoms with Gasteiger partial charge in [0.25, 0.3) is 0 Å². The van der Waals surface area contributed by atoms with E-state index in [-0.39, 0.29) is 0 Å². The highest BCUT2D eigenvalue weighted by atomic mass is 16.4. The van der Waals surface area contributed by atoms with Gasteiger partial charge in [0.05, 0.1) is 0 Å². The molecule has 1 spiro atoms. The second-order valence-corrected chi connectivity index (χ2v) is 6.49. The molecule has 2 aliphatic rings. The van der Waals surface area contributed by atoms with Gasteiger partial charge in [-0.15, -0.1) is 0 Å². The van der Waals surface area contributed by atoms with E-state index in [0.29, 0.717) is 17.8 Å². The number of carboxylic acids is 1. The molecule has 0 atom stereocenters.